The minimum atomic E-state index is 0.0736. The van der Waals surface area contributed by atoms with E-state index in [2.05, 4.69) is 6.92 Å². The van der Waals surface area contributed by atoms with Crippen LogP contribution in [0.4, 0.5) is 0 Å². The molecule has 4 heteroatoms. The molecule has 1 aromatic rings. The Morgan fingerprint density at radius 2 is 2.20 bits per heavy atom. The normalized spacial score (nSPS) is 15.3. The van der Waals surface area contributed by atoms with Gasteiger partial charge in [-0.25, -0.2) is 0 Å². The molecule has 0 aromatic heterocycles. The zero-order chi connectivity index (χ0) is 10.7. The molecule has 0 fully saturated rings. The molecule has 0 bridgehead atoms. The van der Waals surface area contributed by atoms with Gasteiger partial charge in [0.2, 0.25) is 6.79 Å². The van der Waals surface area contributed by atoms with Crippen molar-refractivity contribution in [1.82, 2.24) is 0 Å². The first kappa shape index (κ1) is 10.6. The van der Waals surface area contributed by atoms with Crippen molar-refractivity contribution in [3.05, 3.63) is 23.8 Å². The van der Waals surface area contributed by atoms with E-state index in [9.17, 15) is 0 Å². The highest BCUT2D eigenvalue weighted by molar-refractivity contribution is 7.99. The van der Waals surface area contributed by atoms with Gasteiger partial charge in [-0.3, -0.25) is 0 Å². The van der Waals surface area contributed by atoms with E-state index in [1.54, 1.807) is 0 Å². The Morgan fingerprint density at radius 3 is 3.00 bits per heavy atom. The molecule has 0 aliphatic carbocycles. The Hall–Kier alpha value is -0.870. The third-order valence-electron chi connectivity index (χ3n) is 2.33. The largest absolute Gasteiger partial charge is 0.454 e. The molecule has 1 heterocycles. The molecule has 1 aromatic carbocycles. The molecule has 0 radical (unpaired) electrons. The van der Waals surface area contributed by atoms with E-state index in [-0.39, 0.29) is 6.04 Å². The van der Waals surface area contributed by atoms with Crippen molar-refractivity contribution < 1.29 is 9.47 Å². The molecule has 1 aliphatic heterocycles. The SMILES string of the molecule is CCSCC(N)c1ccc2c(c1)OCO2. The van der Waals surface area contributed by atoms with Gasteiger partial charge in [0.05, 0.1) is 0 Å². The maximum absolute atomic E-state index is 6.06. The Kier molecular flexibility index (Phi) is 3.38. The fourth-order valence-electron chi connectivity index (χ4n) is 1.48. The number of thioether (sulfide) groups is 1. The first-order valence-electron chi connectivity index (χ1n) is 5.04. The van der Waals surface area contributed by atoms with Gasteiger partial charge in [-0.1, -0.05) is 13.0 Å². The van der Waals surface area contributed by atoms with Crippen molar-refractivity contribution in [3.8, 4) is 11.5 Å². The molecular weight excluding hydrogens is 210 g/mol. The average Bonchev–Trinajstić information content (AvgIpc) is 2.72. The van der Waals surface area contributed by atoms with Crippen molar-refractivity contribution in [3.63, 3.8) is 0 Å². The lowest BCUT2D eigenvalue weighted by Crippen LogP contribution is -2.12. The molecule has 0 saturated heterocycles. The Morgan fingerprint density at radius 1 is 1.40 bits per heavy atom. The molecule has 2 rings (SSSR count). The van der Waals surface area contributed by atoms with Crippen LogP contribution in [0, 0.1) is 0 Å². The second-order valence-electron chi connectivity index (χ2n) is 3.38. The summed E-state index contributed by atoms with van der Waals surface area (Å²) >= 11 is 1.85. The molecule has 0 amide bonds. The fourth-order valence-corrected chi connectivity index (χ4v) is 2.17. The molecular formula is C11H15NO2S. The average molecular weight is 225 g/mol. The highest BCUT2D eigenvalue weighted by Gasteiger charge is 2.15. The second-order valence-corrected chi connectivity index (χ2v) is 4.70. The lowest BCUT2D eigenvalue weighted by molar-refractivity contribution is 0.174. The van der Waals surface area contributed by atoms with Gasteiger partial charge >= 0.3 is 0 Å². The van der Waals surface area contributed by atoms with Crippen molar-refractivity contribution in [2.45, 2.75) is 13.0 Å². The second kappa shape index (κ2) is 4.77. The van der Waals surface area contributed by atoms with Crippen molar-refractivity contribution in [2.75, 3.05) is 18.3 Å². The van der Waals surface area contributed by atoms with Crippen LogP contribution in [-0.2, 0) is 0 Å². The Bertz CT molecular complexity index is 343. The highest BCUT2D eigenvalue weighted by Crippen LogP contribution is 2.34. The van der Waals surface area contributed by atoms with Gasteiger partial charge in [-0.2, -0.15) is 11.8 Å². The molecule has 2 N–H and O–H groups in total. The van der Waals surface area contributed by atoms with Gasteiger partial charge in [0.25, 0.3) is 0 Å². The molecule has 15 heavy (non-hydrogen) atoms. The summed E-state index contributed by atoms with van der Waals surface area (Å²) in [4.78, 5) is 0. The molecule has 1 atom stereocenters. The van der Waals surface area contributed by atoms with Crippen LogP contribution in [0.5, 0.6) is 11.5 Å². The van der Waals surface area contributed by atoms with E-state index in [4.69, 9.17) is 15.2 Å². The van der Waals surface area contributed by atoms with Gasteiger partial charge < -0.3 is 15.2 Å². The highest BCUT2D eigenvalue weighted by atomic mass is 32.2. The Balaban J connectivity index is 2.08. The Labute approximate surface area is 93.9 Å². The van der Waals surface area contributed by atoms with Crippen molar-refractivity contribution in [1.29, 1.82) is 0 Å². The van der Waals surface area contributed by atoms with Crippen LogP contribution in [0.2, 0.25) is 0 Å². The van der Waals surface area contributed by atoms with Gasteiger partial charge in [-0.15, -0.1) is 0 Å². The van der Waals surface area contributed by atoms with Gasteiger partial charge in [0.1, 0.15) is 0 Å². The molecule has 0 spiro atoms. The first-order valence-corrected chi connectivity index (χ1v) is 6.19. The minimum Gasteiger partial charge on any atom is -0.454 e. The van der Waals surface area contributed by atoms with Crippen molar-refractivity contribution in [2.24, 2.45) is 5.73 Å². The summed E-state index contributed by atoms with van der Waals surface area (Å²) in [5.74, 6) is 3.66. The number of benzene rings is 1. The predicted molar refractivity (Wildman–Crippen MR) is 62.5 cm³/mol. The van der Waals surface area contributed by atoms with Crippen LogP contribution in [0.15, 0.2) is 18.2 Å². The monoisotopic (exact) mass is 225 g/mol. The van der Waals surface area contributed by atoms with Crippen molar-refractivity contribution >= 4 is 11.8 Å². The topological polar surface area (TPSA) is 44.5 Å². The lowest BCUT2D eigenvalue weighted by atomic mass is 10.1. The molecule has 3 nitrogen and oxygen atoms in total. The third-order valence-corrected chi connectivity index (χ3v) is 3.33. The van der Waals surface area contributed by atoms with Crippen LogP contribution in [0.3, 0.4) is 0 Å². The molecule has 0 saturated carbocycles. The van der Waals surface area contributed by atoms with Crippen LogP contribution < -0.4 is 15.2 Å². The molecule has 82 valence electrons. The van der Waals surface area contributed by atoms with E-state index in [1.807, 2.05) is 30.0 Å². The standard InChI is InChI=1S/C11H15NO2S/c1-2-15-6-9(12)8-3-4-10-11(5-8)14-7-13-10/h3-5,9H,2,6-7,12H2,1H3. The van der Waals surface area contributed by atoms with E-state index >= 15 is 0 Å². The zero-order valence-electron chi connectivity index (χ0n) is 8.73. The van der Waals surface area contributed by atoms with Gasteiger partial charge in [-0.05, 0) is 23.4 Å². The van der Waals surface area contributed by atoms with Crippen LogP contribution >= 0.6 is 11.8 Å². The maximum atomic E-state index is 6.06. The van der Waals surface area contributed by atoms with E-state index < -0.39 is 0 Å². The summed E-state index contributed by atoms with van der Waals surface area (Å²) in [6.45, 7) is 2.45. The summed E-state index contributed by atoms with van der Waals surface area (Å²) in [7, 11) is 0. The summed E-state index contributed by atoms with van der Waals surface area (Å²) in [5.41, 5.74) is 7.17. The van der Waals surface area contributed by atoms with Gasteiger partial charge in [0.15, 0.2) is 11.5 Å². The number of hydrogen-bond acceptors (Lipinski definition) is 4. The molecule has 1 unspecified atom stereocenters. The smallest absolute Gasteiger partial charge is 0.231 e. The minimum absolute atomic E-state index is 0.0736. The summed E-state index contributed by atoms with van der Waals surface area (Å²) < 4.78 is 10.6. The zero-order valence-corrected chi connectivity index (χ0v) is 9.55. The van der Waals surface area contributed by atoms with E-state index in [1.165, 1.54) is 0 Å². The number of fused-ring (bicyclic) bond motifs is 1. The third kappa shape index (κ3) is 2.38. The first-order chi connectivity index (χ1) is 7.31. The number of hydrogen-bond donors (Lipinski definition) is 1. The number of ether oxygens (including phenoxy) is 2. The fraction of sp³-hybridized carbons (Fsp3) is 0.455. The van der Waals surface area contributed by atoms with Gasteiger partial charge in [0, 0.05) is 11.8 Å². The summed E-state index contributed by atoms with van der Waals surface area (Å²) in [6.07, 6.45) is 0. The number of nitrogens with two attached hydrogens (primary N) is 1. The predicted octanol–water partition coefficient (Wildman–Crippen LogP) is 2.17. The van der Waals surface area contributed by atoms with Crippen LogP contribution in [0.1, 0.15) is 18.5 Å². The lowest BCUT2D eigenvalue weighted by Gasteiger charge is -2.11. The summed E-state index contributed by atoms with van der Waals surface area (Å²) in [6, 6.07) is 5.98. The van der Waals surface area contributed by atoms with E-state index in [0.717, 1.165) is 28.6 Å². The summed E-state index contributed by atoms with van der Waals surface area (Å²) in [5, 5.41) is 0. The maximum Gasteiger partial charge on any atom is 0.231 e. The number of rotatable bonds is 4. The van der Waals surface area contributed by atoms with E-state index in [0.29, 0.717) is 6.79 Å². The molecule has 1 aliphatic rings. The van der Waals surface area contributed by atoms with Crippen LogP contribution in [-0.4, -0.2) is 18.3 Å². The quantitative estimate of drug-likeness (QED) is 0.853. The van der Waals surface area contributed by atoms with Crippen LogP contribution in [0.25, 0.3) is 0 Å².